The van der Waals surface area contributed by atoms with Crippen LogP contribution in [-0.2, 0) is 6.54 Å². The van der Waals surface area contributed by atoms with E-state index in [0.29, 0.717) is 6.54 Å². The Balaban J connectivity index is 1.63. The maximum Gasteiger partial charge on any atom is 0.335 e. The Labute approximate surface area is 147 Å². The van der Waals surface area contributed by atoms with Gasteiger partial charge >= 0.3 is 5.97 Å². The summed E-state index contributed by atoms with van der Waals surface area (Å²) >= 11 is 0. The maximum atomic E-state index is 10.8. The van der Waals surface area contributed by atoms with Crippen LogP contribution in [0.15, 0.2) is 48.5 Å². The first kappa shape index (κ1) is 17.0. The first-order valence-electron chi connectivity index (χ1n) is 8.59. The number of nitrogens with zero attached hydrogens (tertiary/aromatic N) is 2. The van der Waals surface area contributed by atoms with E-state index in [0.717, 1.165) is 29.0 Å². The number of hydrogen-bond donors (Lipinski definition) is 2. The molecule has 0 bridgehead atoms. The van der Waals surface area contributed by atoms with Gasteiger partial charge in [0.2, 0.25) is 12.8 Å². The van der Waals surface area contributed by atoms with Gasteiger partial charge in [0.05, 0.1) is 5.56 Å². The number of carboxylic acids is 1. The van der Waals surface area contributed by atoms with Crippen molar-refractivity contribution in [3.05, 3.63) is 65.2 Å². The number of rotatable bonds is 5. The highest BCUT2D eigenvalue weighted by atomic mass is 16.5. The second kappa shape index (κ2) is 7.83. The predicted molar refractivity (Wildman–Crippen MR) is 96.8 cm³/mol. The zero-order valence-corrected chi connectivity index (χ0v) is 14.1. The summed E-state index contributed by atoms with van der Waals surface area (Å²) in [4.78, 5) is 13.2. The Morgan fingerprint density at radius 2 is 1.64 bits per heavy atom. The zero-order valence-electron chi connectivity index (χ0n) is 14.1. The maximum absolute atomic E-state index is 10.8. The van der Waals surface area contributed by atoms with Gasteiger partial charge in [0, 0.05) is 29.9 Å². The molecule has 0 spiro atoms. The highest BCUT2D eigenvalue weighted by Crippen LogP contribution is 2.20. The summed E-state index contributed by atoms with van der Waals surface area (Å²) in [6.45, 7) is 2.61. The van der Waals surface area contributed by atoms with Gasteiger partial charge in [-0.05, 0) is 60.4 Å². The lowest BCUT2D eigenvalue weighted by Crippen LogP contribution is -2.29. The molecule has 3 rings (SSSR count). The van der Waals surface area contributed by atoms with Crippen molar-refractivity contribution in [1.82, 2.24) is 0 Å². The quantitative estimate of drug-likeness (QED) is 0.379. The fraction of sp³-hybridized carbons (Fsp3) is 0.300. The van der Waals surface area contributed by atoms with E-state index in [9.17, 15) is 10.0 Å². The second-order valence-corrected chi connectivity index (χ2v) is 6.37. The van der Waals surface area contributed by atoms with Crippen LogP contribution in [0.3, 0.4) is 0 Å². The third kappa shape index (κ3) is 4.59. The van der Waals surface area contributed by atoms with Crippen LogP contribution in [0.2, 0.25) is 0 Å². The largest absolute Gasteiger partial charge is 0.478 e. The smallest absolute Gasteiger partial charge is 0.335 e. The number of benzene rings is 2. The Morgan fingerprint density at radius 1 is 1.00 bits per heavy atom. The van der Waals surface area contributed by atoms with Crippen molar-refractivity contribution >= 4 is 17.9 Å². The van der Waals surface area contributed by atoms with Crippen molar-refractivity contribution < 1.29 is 19.8 Å². The first-order chi connectivity index (χ1) is 12.1. The van der Waals surface area contributed by atoms with Crippen molar-refractivity contribution in [1.29, 1.82) is 0 Å². The molecule has 25 heavy (non-hydrogen) atoms. The third-order valence-electron chi connectivity index (χ3n) is 4.46. The summed E-state index contributed by atoms with van der Waals surface area (Å²) < 4.78 is 1.12. The van der Waals surface area contributed by atoms with Gasteiger partial charge in [-0.2, -0.15) is 0 Å². The van der Waals surface area contributed by atoms with Crippen LogP contribution < -0.4 is 4.90 Å². The van der Waals surface area contributed by atoms with Crippen LogP contribution in [0.4, 0.5) is 5.69 Å². The third-order valence-corrected chi connectivity index (χ3v) is 4.46. The lowest BCUT2D eigenvalue weighted by molar-refractivity contribution is -0.783. The highest BCUT2D eigenvalue weighted by molar-refractivity contribution is 5.88. The van der Waals surface area contributed by atoms with Gasteiger partial charge < -0.3 is 10.0 Å². The van der Waals surface area contributed by atoms with E-state index in [-0.39, 0.29) is 5.56 Å². The SMILES string of the molecule is O=C(O)c1ccc(/C=[N+](\O)Cc2ccc(N3CCCCC3)cc2)cc1. The van der Waals surface area contributed by atoms with Gasteiger partial charge in [-0.25, -0.2) is 4.79 Å². The van der Waals surface area contributed by atoms with Crippen molar-refractivity contribution in [3.8, 4) is 0 Å². The van der Waals surface area contributed by atoms with E-state index in [1.165, 1.54) is 37.1 Å². The van der Waals surface area contributed by atoms with Crippen LogP contribution in [-0.4, -0.2) is 40.3 Å². The van der Waals surface area contributed by atoms with E-state index in [4.69, 9.17) is 5.11 Å². The summed E-state index contributed by atoms with van der Waals surface area (Å²) in [5, 5.41) is 19.0. The molecule has 0 unspecified atom stereocenters. The number of anilines is 1. The van der Waals surface area contributed by atoms with Gasteiger partial charge in [0.1, 0.15) is 0 Å². The highest BCUT2D eigenvalue weighted by Gasteiger charge is 2.11. The molecule has 1 aliphatic heterocycles. The van der Waals surface area contributed by atoms with Crippen LogP contribution in [0.25, 0.3) is 0 Å². The number of carbonyl (C=O) groups is 1. The average molecular weight is 339 g/mol. The first-order valence-corrected chi connectivity index (χ1v) is 8.59. The standard InChI is InChI=1S/C20H22N2O3/c23-20(24)18-8-4-16(5-9-18)14-22(25)15-17-6-10-19(11-7-17)21-12-2-1-3-13-21/h4-11,14H,1-3,12-13,15H2,(H-,23,24,25)/p+1/b22-14-. The molecule has 5 nitrogen and oxygen atoms in total. The zero-order chi connectivity index (χ0) is 17.6. The molecular formula is C20H23N2O3+. The van der Waals surface area contributed by atoms with Gasteiger partial charge in [-0.1, -0.05) is 12.1 Å². The van der Waals surface area contributed by atoms with E-state index in [1.54, 1.807) is 18.3 Å². The number of carboxylic acid groups (broad SMARTS) is 1. The minimum atomic E-state index is -0.957. The summed E-state index contributed by atoms with van der Waals surface area (Å²) in [6.07, 6.45) is 5.41. The normalized spacial score (nSPS) is 15.2. The molecule has 1 heterocycles. The van der Waals surface area contributed by atoms with Crippen molar-refractivity contribution in [2.45, 2.75) is 25.8 Å². The summed E-state index contributed by atoms with van der Waals surface area (Å²) in [6, 6.07) is 14.7. The van der Waals surface area contributed by atoms with Crippen molar-refractivity contribution in [2.24, 2.45) is 0 Å². The topological polar surface area (TPSA) is 63.8 Å². The molecule has 1 saturated heterocycles. The molecule has 2 aromatic rings. The predicted octanol–water partition coefficient (Wildman–Crippen LogP) is 3.40. The van der Waals surface area contributed by atoms with Crippen LogP contribution in [0.1, 0.15) is 40.7 Å². The van der Waals surface area contributed by atoms with Crippen molar-refractivity contribution in [2.75, 3.05) is 18.0 Å². The molecule has 5 heteroatoms. The van der Waals surface area contributed by atoms with E-state index < -0.39 is 5.97 Å². The number of piperidine rings is 1. The molecule has 0 atom stereocenters. The summed E-state index contributed by atoms with van der Waals surface area (Å²) in [5.74, 6) is -0.957. The minimum absolute atomic E-state index is 0.231. The molecule has 130 valence electrons. The molecule has 1 fully saturated rings. The fourth-order valence-electron chi connectivity index (χ4n) is 3.08. The summed E-state index contributed by atoms with van der Waals surface area (Å²) in [5.41, 5.74) is 3.23. The van der Waals surface area contributed by atoms with E-state index in [1.807, 2.05) is 12.1 Å². The molecule has 0 aromatic heterocycles. The molecular weight excluding hydrogens is 316 g/mol. The monoisotopic (exact) mass is 339 g/mol. The summed E-state index contributed by atoms with van der Waals surface area (Å²) in [7, 11) is 0. The number of hydrogen-bond acceptors (Lipinski definition) is 3. The molecule has 1 aliphatic rings. The molecule has 2 N–H and O–H groups in total. The molecule has 2 aromatic carbocycles. The Morgan fingerprint density at radius 3 is 2.24 bits per heavy atom. The lowest BCUT2D eigenvalue weighted by atomic mass is 10.1. The van der Waals surface area contributed by atoms with Crippen LogP contribution >= 0.6 is 0 Å². The average Bonchev–Trinajstić information content (AvgIpc) is 2.63. The van der Waals surface area contributed by atoms with Gasteiger partial charge in [0.15, 0.2) is 0 Å². The fourth-order valence-corrected chi connectivity index (χ4v) is 3.08. The Hall–Kier alpha value is -2.82. The van der Waals surface area contributed by atoms with Crippen LogP contribution in [0, 0.1) is 0 Å². The van der Waals surface area contributed by atoms with Gasteiger partial charge in [-0.15, -0.1) is 0 Å². The molecule has 0 radical (unpaired) electrons. The van der Waals surface area contributed by atoms with Gasteiger partial charge in [-0.3, -0.25) is 5.21 Å². The lowest BCUT2D eigenvalue weighted by Gasteiger charge is -2.28. The van der Waals surface area contributed by atoms with Gasteiger partial charge in [0.25, 0.3) is 0 Å². The minimum Gasteiger partial charge on any atom is -0.478 e. The Kier molecular flexibility index (Phi) is 5.33. The second-order valence-electron chi connectivity index (χ2n) is 6.37. The van der Waals surface area contributed by atoms with Crippen molar-refractivity contribution in [3.63, 3.8) is 0 Å². The molecule has 0 aliphatic carbocycles. The van der Waals surface area contributed by atoms with E-state index >= 15 is 0 Å². The van der Waals surface area contributed by atoms with Crippen LogP contribution in [0.5, 0.6) is 0 Å². The number of hydroxylamine groups is 1. The molecule has 0 saturated carbocycles. The Bertz CT molecular complexity index is 746. The van der Waals surface area contributed by atoms with E-state index in [2.05, 4.69) is 17.0 Å². The number of aromatic carboxylic acids is 1. The molecule has 0 amide bonds.